The highest BCUT2D eigenvalue weighted by Crippen LogP contribution is 2.27. The number of tetrazole rings is 1. The summed E-state index contributed by atoms with van der Waals surface area (Å²) in [7, 11) is 1.69. The van der Waals surface area contributed by atoms with Crippen molar-refractivity contribution >= 4 is 22.6 Å². The van der Waals surface area contributed by atoms with Gasteiger partial charge in [-0.1, -0.05) is 12.1 Å². The number of aryl methyl sites for hydroxylation is 1. The zero-order chi connectivity index (χ0) is 13.6. The van der Waals surface area contributed by atoms with Crippen LogP contribution in [0.4, 0.5) is 5.82 Å². The van der Waals surface area contributed by atoms with Gasteiger partial charge >= 0.3 is 0 Å². The third-order valence-electron chi connectivity index (χ3n) is 2.84. The molecule has 0 atom stereocenters. The molecule has 3 rings (SSSR count). The molecule has 0 saturated heterocycles. The smallest absolute Gasteiger partial charge is 0.253 e. The van der Waals surface area contributed by atoms with E-state index in [1.807, 2.05) is 0 Å². The standard InChI is InChI=1S/C11H11N7O/c1-18-16-11(15-17-18)5-2-3-6-7(4-5)14-9(12)8(6)10(13)19/h2-4,14H,12H2,1H3,(H2,13,19). The van der Waals surface area contributed by atoms with Crippen molar-refractivity contribution in [3.05, 3.63) is 23.8 Å². The number of carbonyl (C=O) groups excluding carboxylic acids is 1. The third kappa shape index (κ3) is 1.69. The first kappa shape index (κ1) is 11.2. The Bertz CT molecular complexity index is 786. The molecule has 8 nitrogen and oxygen atoms in total. The fourth-order valence-electron chi connectivity index (χ4n) is 2.02. The van der Waals surface area contributed by atoms with E-state index in [9.17, 15) is 4.79 Å². The number of H-pyrrole nitrogens is 1. The third-order valence-corrected chi connectivity index (χ3v) is 2.84. The highest BCUT2D eigenvalue weighted by Gasteiger charge is 2.15. The van der Waals surface area contributed by atoms with E-state index in [0.29, 0.717) is 22.3 Å². The maximum absolute atomic E-state index is 11.3. The van der Waals surface area contributed by atoms with Gasteiger partial charge in [-0.3, -0.25) is 4.79 Å². The van der Waals surface area contributed by atoms with Crippen molar-refractivity contribution in [3.8, 4) is 11.4 Å². The summed E-state index contributed by atoms with van der Waals surface area (Å²) in [6, 6.07) is 5.35. The van der Waals surface area contributed by atoms with Crippen LogP contribution in [0.15, 0.2) is 18.2 Å². The maximum atomic E-state index is 11.3. The van der Waals surface area contributed by atoms with Gasteiger partial charge in [0.2, 0.25) is 5.82 Å². The Morgan fingerprint density at radius 3 is 2.84 bits per heavy atom. The highest BCUT2D eigenvalue weighted by molar-refractivity contribution is 6.11. The molecule has 0 fully saturated rings. The molecule has 0 saturated carbocycles. The molecule has 0 radical (unpaired) electrons. The van der Waals surface area contributed by atoms with E-state index >= 15 is 0 Å². The molecule has 19 heavy (non-hydrogen) atoms. The SMILES string of the molecule is Cn1nnc(-c2ccc3c(C(N)=O)c(N)[nH]c3c2)n1. The molecule has 0 aliphatic carbocycles. The fraction of sp³-hybridized carbons (Fsp3) is 0.0909. The Labute approximate surface area is 107 Å². The number of nitrogen functional groups attached to an aromatic ring is 1. The van der Waals surface area contributed by atoms with E-state index in [4.69, 9.17) is 11.5 Å². The lowest BCUT2D eigenvalue weighted by atomic mass is 10.1. The number of nitrogens with zero attached hydrogens (tertiary/aromatic N) is 4. The summed E-state index contributed by atoms with van der Waals surface area (Å²) in [5, 5.41) is 12.5. The second-order valence-electron chi connectivity index (χ2n) is 4.14. The number of primary amides is 1. The van der Waals surface area contributed by atoms with E-state index in [-0.39, 0.29) is 5.82 Å². The lowest BCUT2D eigenvalue weighted by molar-refractivity contribution is 0.100. The van der Waals surface area contributed by atoms with E-state index in [2.05, 4.69) is 20.4 Å². The Morgan fingerprint density at radius 1 is 1.42 bits per heavy atom. The van der Waals surface area contributed by atoms with Crippen LogP contribution in [0, 0.1) is 0 Å². The molecule has 5 N–H and O–H groups in total. The molecule has 0 spiro atoms. The second kappa shape index (κ2) is 3.80. The molecule has 1 amide bonds. The van der Waals surface area contributed by atoms with Crippen LogP contribution in [0.2, 0.25) is 0 Å². The maximum Gasteiger partial charge on any atom is 0.253 e. The summed E-state index contributed by atoms with van der Waals surface area (Å²) in [5.41, 5.74) is 12.8. The molecule has 96 valence electrons. The first-order valence-electron chi connectivity index (χ1n) is 5.51. The van der Waals surface area contributed by atoms with Crippen molar-refractivity contribution in [2.24, 2.45) is 12.8 Å². The van der Waals surface area contributed by atoms with Gasteiger partial charge in [0.1, 0.15) is 5.82 Å². The van der Waals surface area contributed by atoms with Gasteiger partial charge in [0.15, 0.2) is 0 Å². The molecule has 8 heteroatoms. The molecule has 0 aliphatic heterocycles. The summed E-state index contributed by atoms with van der Waals surface area (Å²) in [5.74, 6) is 0.194. The number of nitrogens with one attached hydrogen (secondary N) is 1. The predicted molar refractivity (Wildman–Crippen MR) is 69.0 cm³/mol. The number of rotatable bonds is 2. The number of aromatic nitrogens is 5. The molecular weight excluding hydrogens is 246 g/mol. The number of hydrogen-bond acceptors (Lipinski definition) is 5. The van der Waals surface area contributed by atoms with Crippen LogP contribution >= 0.6 is 0 Å². The number of nitrogens with two attached hydrogens (primary N) is 2. The van der Waals surface area contributed by atoms with Crippen molar-refractivity contribution in [2.45, 2.75) is 0 Å². The van der Waals surface area contributed by atoms with E-state index in [1.165, 1.54) is 4.80 Å². The van der Waals surface area contributed by atoms with Gasteiger partial charge in [-0.25, -0.2) is 0 Å². The van der Waals surface area contributed by atoms with Crippen molar-refractivity contribution in [2.75, 3.05) is 5.73 Å². The summed E-state index contributed by atoms with van der Waals surface area (Å²) >= 11 is 0. The lowest BCUT2D eigenvalue weighted by Crippen LogP contribution is -2.12. The average Bonchev–Trinajstić information content (AvgIpc) is 2.90. The van der Waals surface area contributed by atoms with Crippen LogP contribution < -0.4 is 11.5 Å². The lowest BCUT2D eigenvalue weighted by Gasteiger charge is -1.96. The van der Waals surface area contributed by atoms with E-state index in [1.54, 1.807) is 25.2 Å². The number of hydrogen-bond donors (Lipinski definition) is 3. The number of aromatic amines is 1. The molecule has 0 unspecified atom stereocenters. The van der Waals surface area contributed by atoms with Gasteiger partial charge in [0.05, 0.1) is 12.6 Å². The Balaban J connectivity index is 2.20. The zero-order valence-electron chi connectivity index (χ0n) is 10.1. The largest absolute Gasteiger partial charge is 0.385 e. The quantitative estimate of drug-likeness (QED) is 0.597. The minimum absolute atomic E-state index is 0.256. The molecular formula is C11H11N7O. The summed E-state index contributed by atoms with van der Waals surface area (Å²) in [6.45, 7) is 0. The van der Waals surface area contributed by atoms with Gasteiger partial charge in [-0.2, -0.15) is 4.80 Å². The van der Waals surface area contributed by atoms with Crippen molar-refractivity contribution in [1.29, 1.82) is 0 Å². The highest BCUT2D eigenvalue weighted by atomic mass is 16.1. The molecule has 0 bridgehead atoms. The van der Waals surface area contributed by atoms with Gasteiger partial charge in [-0.15, -0.1) is 10.2 Å². The Kier molecular flexibility index (Phi) is 2.24. The summed E-state index contributed by atoms with van der Waals surface area (Å²) in [4.78, 5) is 15.6. The number of anilines is 1. The molecule has 1 aromatic carbocycles. The van der Waals surface area contributed by atoms with E-state index in [0.717, 1.165) is 5.56 Å². The minimum Gasteiger partial charge on any atom is -0.385 e. The number of benzene rings is 1. The Morgan fingerprint density at radius 2 is 2.21 bits per heavy atom. The van der Waals surface area contributed by atoms with Gasteiger partial charge in [0, 0.05) is 16.5 Å². The molecule has 0 aliphatic rings. The average molecular weight is 257 g/mol. The number of amides is 1. The first-order valence-corrected chi connectivity index (χ1v) is 5.51. The van der Waals surface area contributed by atoms with Crippen LogP contribution in [-0.2, 0) is 7.05 Å². The molecule has 2 heterocycles. The van der Waals surface area contributed by atoms with Crippen LogP contribution in [0.5, 0.6) is 0 Å². The van der Waals surface area contributed by atoms with Crippen LogP contribution in [0.25, 0.3) is 22.3 Å². The first-order chi connectivity index (χ1) is 9.06. The normalized spacial score (nSPS) is 11.0. The van der Waals surface area contributed by atoms with Crippen molar-refractivity contribution < 1.29 is 4.79 Å². The Hall–Kier alpha value is -2.90. The molecule has 3 aromatic rings. The monoisotopic (exact) mass is 257 g/mol. The topological polar surface area (TPSA) is 128 Å². The summed E-state index contributed by atoms with van der Waals surface area (Å²) in [6.07, 6.45) is 0. The van der Waals surface area contributed by atoms with Crippen molar-refractivity contribution in [3.63, 3.8) is 0 Å². The van der Waals surface area contributed by atoms with Crippen LogP contribution in [0.3, 0.4) is 0 Å². The minimum atomic E-state index is -0.561. The van der Waals surface area contributed by atoms with E-state index < -0.39 is 5.91 Å². The second-order valence-corrected chi connectivity index (χ2v) is 4.14. The molecule has 2 aromatic heterocycles. The van der Waals surface area contributed by atoms with Gasteiger partial charge in [-0.05, 0) is 11.3 Å². The number of fused-ring (bicyclic) bond motifs is 1. The van der Waals surface area contributed by atoms with Crippen LogP contribution in [0.1, 0.15) is 10.4 Å². The van der Waals surface area contributed by atoms with Gasteiger partial charge in [0.25, 0.3) is 5.91 Å². The fourth-order valence-corrected chi connectivity index (χ4v) is 2.02. The van der Waals surface area contributed by atoms with Crippen molar-refractivity contribution in [1.82, 2.24) is 25.2 Å². The summed E-state index contributed by atoms with van der Waals surface area (Å²) < 4.78 is 0. The predicted octanol–water partition coefficient (Wildman–Crippen LogP) is 0.0395. The number of carbonyl (C=O) groups is 1. The van der Waals surface area contributed by atoms with Crippen LogP contribution in [-0.4, -0.2) is 31.1 Å². The van der Waals surface area contributed by atoms with Gasteiger partial charge < -0.3 is 16.5 Å². The zero-order valence-corrected chi connectivity index (χ0v) is 10.1.